The highest BCUT2D eigenvalue weighted by Gasteiger charge is 1.99. The zero-order chi connectivity index (χ0) is 8.10. The van der Waals surface area contributed by atoms with Crippen LogP contribution in [0, 0.1) is 10.8 Å². The molecule has 2 heteroatoms. The second-order valence-electron chi connectivity index (χ2n) is 2.05. The van der Waals surface area contributed by atoms with Gasteiger partial charge in [-0.15, -0.1) is 0 Å². The van der Waals surface area contributed by atoms with Crippen LogP contribution in [0.3, 0.4) is 0 Å². The third-order valence-corrected chi connectivity index (χ3v) is 1.54. The standard InChI is InChI=1S/C9H7BrO/c10-7-6-9(11)8-4-2-1-3-5-8/h1-5,9,11H. The molecule has 11 heavy (non-hydrogen) atoms. The molecule has 1 rings (SSSR count). The number of rotatable bonds is 1. The van der Waals surface area contributed by atoms with E-state index in [9.17, 15) is 5.11 Å². The first kappa shape index (κ1) is 8.32. The van der Waals surface area contributed by atoms with E-state index >= 15 is 0 Å². The first-order chi connectivity index (χ1) is 5.34. The maximum Gasteiger partial charge on any atom is 0.141 e. The van der Waals surface area contributed by atoms with Crippen LogP contribution in [-0.4, -0.2) is 5.11 Å². The Morgan fingerprint density at radius 1 is 1.27 bits per heavy atom. The highest BCUT2D eigenvalue weighted by Crippen LogP contribution is 2.10. The number of aliphatic hydroxyl groups is 1. The van der Waals surface area contributed by atoms with Crippen LogP contribution < -0.4 is 0 Å². The van der Waals surface area contributed by atoms with Crippen molar-refractivity contribution in [3.8, 4) is 10.8 Å². The van der Waals surface area contributed by atoms with E-state index in [4.69, 9.17) is 0 Å². The van der Waals surface area contributed by atoms with Crippen LogP contribution in [0.4, 0.5) is 0 Å². The molecule has 0 radical (unpaired) electrons. The van der Waals surface area contributed by atoms with Crippen LogP contribution in [0.1, 0.15) is 11.7 Å². The Morgan fingerprint density at radius 3 is 2.45 bits per heavy atom. The molecular weight excluding hydrogens is 204 g/mol. The Morgan fingerprint density at radius 2 is 1.91 bits per heavy atom. The molecule has 0 aromatic heterocycles. The Labute approximate surface area is 74.2 Å². The van der Waals surface area contributed by atoms with Crippen LogP contribution >= 0.6 is 15.9 Å². The third-order valence-electron chi connectivity index (χ3n) is 1.31. The van der Waals surface area contributed by atoms with Crippen molar-refractivity contribution in [2.75, 3.05) is 0 Å². The van der Waals surface area contributed by atoms with E-state index in [0.717, 1.165) is 5.56 Å². The van der Waals surface area contributed by atoms with E-state index in [1.165, 1.54) is 0 Å². The van der Waals surface area contributed by atoms with Crippen LogP contribution in [0.2, 0.25) is 0 Å². The minimum Gasteiger partial charge on any atom is -0.376 e. The Bertz CT molecular complexity index is 271. The molecule has 0 spiro atoms. The molecule has 1 N–H and O–H groups in total. The van der Waals surface area contributed by atoms with Crippen LogP contribution in [0.25, 0.3) is 0 Å². The maximum atomic E-state index is 9.32. The van der Waals surface area contributed by atoms with Crippen LogP contribution in [0.15, 0.2) is 30.3 Å². The van der Waals surface area contributed by atoms with Crippen molar-refractivity contribution in [1.82, 2.24) is 0 Å². The quantitative estimate of drug-likeness (QED) is 0.705. The van der Waals surface area contributed by atoms with Crippen molar-refractivity contribution in [3.05, 3.63) is 35.9 Å². The van der Waals surface area contributed by atoms with Crippen molar-refractivity contribution >= 4 is 15.9 Å². The summed E-state index contributed by atoms with van der Waals surface area (Å²) in [6, 6.07) is 9.31. The third kappa shape index (κ3) is 2.38. The SMILES string of the molecule is OC(C#CBr)c1ccccc1. The highest BCUT2D eigenvalue weighted by molar-refractivity contribution is 9.12. The first-order valence-electron chi connectivity index (χ1n) is 3.19. The summed E-state index contributed by atoms with van der Waals surface area (Å²) in [5.74, 6) is 2.58. The molecule has 0 saturated heterocycles. The summed E-state index contributed by atoms with van der Waals surface area (Å²) in [7, 11) is 0. The maximum absolute atomic E-state index is 9.32. The van der Waals surface area contributed by atoms with Gasteiger partial charge in [0, 0.05) is 15.9 Å². The predicted octanol–water partition coefficient (Wildman–Crippen LogP) is 2.08. The summed E-state index contributed by atoms with van der Waals surface area (Å²) in [4.78, 5) is 2.48. The van der Waals surface area contributed by atoms with Crippen LogP contribution in [-0.2, 0) is 0 Å². The molecule has 1 nitrogen and oxygen atoms in total. The summed E-state index contributed by atoms with van der Waals surface area (Å²) >= 11 is 2.93. The van der Waals surface area contributed by atoms with Gasteiger partial charge < -0.3 is 5.11 Å². The van der Waals surface area contributed by atoms with Crippen molar-refractivity contribution in [2.24, 2.45) is 0 Å². The Kier molecular flexibility index (Phi) is 3.15. The molecule has 0 bridgehead atoms. The fraction of sp³-hybridized carbons (Fsp3) is 0.111. The Balaban J connectivity index is 2.82. The van der Waals surface area contributed by atoms with E-state index in [2.05, 4.69) is 26.7 Å². The lowest BCUT2D eigenvalue weighted by Crippen LogP contribution is -1.91. The summed E-state index contributed by atoms with van der Waals surface area (Å²) in [5.41, 5.74) is 0.819. The van der Waals surface area contributed by atoms with E-state index in [1.807, 2.05) is 30.3 Å². The minimum absolute atomic E-state index is 0.685. The zero-order valence-corrected chi connectivity index (χ0v) is 7.38. The lowest BCUT2D eigenvalue weighted by molar-refractivity contribution is 0.238. The molecule has 0 saturated carbocycles. The topological polar surface area (TPSA) is 20.2 Å². The minimum atomic E-state index is -0.685. The number of hydrogen-bond acceptors (Lipinski definition) is 1. The lowest BCUT2D eigenvalue weighted by Gasteiger charge is -2.00. The molecular formula is C9H7BrO. The molecule has 0 aliphatic carbocycles. The smallest absolute Gasteiger partial charge is 0.141 e. The molecule has 56 valence electrons. The summed E-state index contributed by atoms with van der Waals surface area (Å²) in [5, 5.41) is 9.32. The average Bonchev–Trinajstić information content (AvgIpc) is 2.07. The molecule has 1 unspecified atom stereocenters. The summed E-state index contributed by atoms with van der Waals surface area (Å²) in [6.07, 6.45) is -0.685. The normalized spacial score (nSPS) is 11.5. The van der Waals surface area contributed by atoms with E-state index in [1.54, 1.807) is 0 Å². The Hall–Kier alpha value is -0.780. The fourth-order valence-corrected chi connectivity index (χ4v) is 0.987. The van der Waals surface area contributed by atoms with Gasteiger partial charge in [0.15, 0.2) is 0 Å². The van der Waals surface area contributed by atoms with Crippen molar-refractivity contribution in [3.63, 3.8) is 0 Å². The largest absolute Gasteiger partial charge is 0.376 e. The van der Waals surface area contributed by atoms with Gasteiger partial charge in [-0.25, -0.2) is 0 Å². The number of benzene rings is 1. The molecule has 1 aromatic carbocycles. The van der Waals surface area contributed by atoms with E-state index in [-0.39, 0.29) is 0 Å². The monoisotopic (exact) mass is 210 g/mol. The predicted molar refractivity (Wildman–Crippen MR) is 48.1 cm³/mol. The molecule has 0 aliphatic rings. The van der Waals surface area contributed by atoms with Gasteiger partial charge in [-0.1, -0.05) is 36.3 Å². The van der Waals surface area contributed by atoms with Crippen molar-refractivity contribution in [1.29, 1.82) is 0 Å². The van der Waals surface area contributed by atoms with Crippen molar-refractivity contribution in [2.45, 2.75) is 6.10 Å². The molecule has 1 aromatic rings. The van der Waals surface area contributed by atoms with E-state index < -0.39 is 6.10 Å². The van der Waals surface area contributed by atoms with Gasteiger partial charge in [-0.3, -0.25) is 0 Å². The molecule has 0 fully saturated rings. The van der Waals surface area contributed by atoms with Crippen molar-refractivity contribution < 1.29 is 5.11 Å². The molecule has 0 amide bonds. The second kappa shape index (κ2) is 4.17. The van der Waals surface area contributed by atoms with Gasteiger partial charge in [-0.05, 0) is 10.4 Å². The first-order valence-corrected chi connectivity index (χ1v) is 3.98. The van der Waals surface area contributed by atoms with E-state index in [0.29, 0.717) is 0 Å². The van der Waals surface area contributed by atoms with Gasteiger partial charge in [0.2, 0.25) is 0 Å². The van der Waals surface area contributed by atoms with Gasteiger partial charge in [0.05, 0.1) is 0 Å². The molecule has 1 atom stereocenters. The number of hydrogen-bond donors (Lipinski definition) is 1. The summed E-state index contributed by atoms with van der Waals surface area (Å²) in [6.45, 7) is 0. The van der Waals surface area contributed by atoms with Gasteiger partial charge in [0.1, 0.15) is 6.10 Å². The van der Waals surface area contributed by atoms with Crippen LogP contribution in [0.5, 0.6) is 0 Å². The number of halogens is 1. The second-order valence-corrected chi connectivity index (χ2v) is 2.45. The fourth-order valence-electron chi connectivity index (χ4n) is 0.770. The van der Waals surface area contributed by atoms with Gasteiger partial charge in [-0.2, -0.15) is 0 Å². The number of aliphatic hydroxyl groups excluding tert-OH is 1. The lowest BCUT2D eigenvalue weighted by atomic mass is 10.1. The summed E-state index contributed by atoms with van der Waals surface area (Å²) < 4.78 is 0. The molecule has 0 heterocycles. The highest BCUT2D eigenvalue weighted by atomic mass is 79.9. The zero-order valence-electron chi connectivity index (χ0n) is 5.79. The van der Waals surface area contributed by atoms with Gasteiger partial charge in [0.25, 0.3) is 0 Å². The average molecular weight is 211 g/mol. The van der Waals surface area contributed by atoms with Gasteiger partial charge >= 0.3 is 0 Å². The molecule has 0 aliphatic heterocycles.